The second kappa shape index (κ2) is 5.33. The molecule has 1 aromatic heterocycles. The Morgan fingerprint density at radius 1 is 1.42 bits per heavy atom. The van der Waals surface area contributed by atoms with Crippen molar-refractivity contribution >= 4 is 49.1 Å². The van der Waals surface area contributed by atoms with Gasteiger partial charge in [-0.15, -0.1) is 5.10 Å². The van der Waals surface area contributed by atoms with Crippen LogP contribution in [0.1, 0.15) is 9.67 Å². The van der Waals surface area contributed by atoms with Crippen LogP contribution in [0, 0.1) is 0 Å². The number of nitrogens with zero attached hydrogens (tertiary/aromatic N) is 2. The lowest BCUT2D eigenvalue weighted by molar-refractivity contribution is 0.103. The Labute approximate surface area is 121 Å². The summed E-state index contributed by atoms with van der Waals surface area (Å²) >= 11 is 4.05. The van der Waals surface area contributed by atoms with E-state index in [0.717, 1.165) is 11.5 Å². The molecule has 0 fully saturated rings. The van der Waals surface area contributed by atoms with Gasteiger partial charge in [0.2, 0.25) is 10.0 Å². The zero-order valence-corrected chi connectivity index (χ0v) is 12.4. The smallest absolute Gasteiger partial charge is 0.269 e. The van der Waals surface area contributed by atoms with Gasteiger partial charge in [0.05, 0.1) is 11.1 Å². The SMILES string of the molecule is NS(=O)(=O)c1ccc(NC(=O)c2cnns2)cc1Br. The minimum atomic E-state index is -3.80. The van der Waals surface area contributed by atoms with Crippen molar-refractivity contribution in [3.63, 3.8) is 0 Å². The van der Waals surface area contributed by atoms with Crippen LogP contribution >= 0.6 is 27.5 Å². The molecule has 0 saturated heterocycles. The number of benzene rings is 1. The first-order chi connectivity index (χ1) is 8.88. The molecule has 0 radical (unpaired) electrons. The Balaban J connectivity index is 2.24. The molecule has 10 heteroatoms. The fourth-order valence-electron chi connectivity index (χ4n) is 1.27. The number of anilines is 1. The Morgan fingerprint density at radius 2 is 2.16 bits per heavy atom. The van der Waals surface area contributed by atoms with Gasteiger partial charge in [-0.1, -0.05) is 4.49 Å². The van der Waals surface area contributed by atoms with Crippen LogP contribution in [-0.4, -0.2) is 23.9 Å². The van der Waals surface area contributed by atoms with Crippen LogP contribution in [0.15, 0.2) is 33.8 Å². The third kappa shape index (κ3) is 3.35. The maximum Gasteiger partial charge on any atom is 0.269 e. The number of sulfonamides is 1. The summed E-state index contributed by atoms with van der Waals surface area (Å²) in [5, 5.41) is 11.2. The number of rotatable bonds is 3. The highest BCUT2D eigenvalue weighted by Gasteiger charge is 2.14. The topological polar surface area (TPSA) is 115 Å². The van der Waals surface area contributed by atoms with Crippen molar-refractivity contribution in [2.24, 2.45) is 5.14 Å². The van der Waals surface area contributed by atoms with Gasteiger partial charge >= 0.3 is 0 Å². The van der Waals surface area contributed by atoms with Crippen LogP contribution in [0.5, 0.6) is 0 Å². The number of amides is 1. The van der Waals surface area contributed by atoms with Gasteiger partial charge in [-0.25, -0.2) is 13.6 Å². The van der Waals surface area contributed by atoms with Crippen molar-refractivity contribution in [1.29, 1.82) is 0 Å². The summed E-state index contributed by atoms with van der Waals surface area (Å²) in [5.41, 5.74) is 0.428. The summed E-state index contributed by atoms with van der Waals surface area (Å²) in [6.45, 7) is 0. The zero-order valence-electron chi connectivity index (χ0n) is 9.20. The molecule has 2 rings (SSSR count). The van der Waals surface area contributed by atoms with E-state index in [-0.39, 0.29) is 15.3 Å². The standard InChI is InChI=1S/C9H7BrN4O3S2/c10-6-3-5(1-2-8(6)19(11,16)17)13-9(15)7-4-12-14-18-7/h1-4H,(H,13,15)(H2,11,16,17). The second-order valence-electron chi connectivity index (χ2n) is 3.43. The third-order valence-electron chi connectivity index (χ3n) is 2.08. The van der Waals surface area contributed by atoms with Gasteiger partial charge in [-0.05, 0) is 45.7 Å². The first-order valence-electron chi connectivity index (χ1n) is 4.79. The molecule has 19 heavy (non-hydrogen) atoms. The first kappa shape index (κ1) is 14.1. The number of hydrogen-bond acceptors (Lipinski definition) is 6. The van der Waals surface area contributed by atoms with Gasteiger partial charge in [0.1, 0.15) is 4.88 Å². The Hall–Kier alpha value is -1.36. The van der Waals surface area contributed by atoms with Crippen LogP contribution in [0.2, 0.25) is 0 Å². The fraction of sp³-hybridized carbons (Fsp3) is 0. The number of carbonyl (C=O) groups is 1. The number of carbonyl (C=O) groups excluding carboxylic acids is 1. The van der Waals surface area contributed by atoms with Gasteiger partial charge in [-0.2, -0.15) is 0 Å². The number of hydrogen-bond donors (Lipinski definition) is 2. The largest absolute Gasteiger partial charge is 0.321 e. The third-order valence-corrected chi connectivity index (χ3v) is 4.63. The van der Waals surface area contributed by atoms with E-state index in [1.165, 1.54) is 24.4 Å². The number of aromatic nitrogens is 2. The molecule has 0 saturated carbocycles. The highest BCUT2D eigenvalue weighted by Crippen LogP contribution is 2.25. The van der Waals surface area contributed by atoms with Crippen molar-refractivity contribution in [3.05, 3.63) is 33.7 Å². The normalized spacial score (nSPS) is 11.3. The van der Waals surface area contributed by atoms with Gasteiger partial charge in [0.15, 0.2) is 0 Å². The predicted molar refractivity (Wildman–Crippen MR) is 73.4 cm³/mol. The molecule has 0 aliphatic carbocycles. The molecule has 100 valence electrons. The fourth-order valence-corrected chi connectivity index (χ4v) is 3.32. The summed E-state index contributed by atoms with van der Waals surface area (Å²) in [7, 11) is -3.80. The van der Waals surface area contributed by atoms with E-state index < -0.39 is 10.0 Å². The summed E-state index contributed by atoms with van der Waals surface area (Å²) in [5.74, 6) is -0.370. The molecule has 1 amide bonds. The maximum atomic E-state index is 11.7. The van der Waals surface area contributed by atoms with Gasteiger partial charge in [0.25, 0.3) is 5.91 Å². The van der Waals surface area contributed by atoms with Crippen LogP contribution < -0.4 is 10.5 Å². The van der Waals surface area contributed by atoms with Crippen molar-refractivity contribution < 1.29 is 13.2 Å². The molecular formula is C9H7BrN4O3S2. The molecule has 1 heterocycles. The molecule has 0 aliphatic rings. The minimum Gasteiger partial charge on any atom is -0.321 e. The maximum absolute atomic E-state index is 11.7. The van der Waals surface area contributed by atoms with Crippen LogP contribution in [-0.2, 0) is 10.0 Å². The molecule has 0 bridgehead atoms. The number of primary sulfonamides is 1. The molecule has 0 unspecified atom stereocenters. The Kier molecular flexibility index (Phi) is 3.94. The molecule has 2 aromatic rings. The predicted octanol–water partition coefficient (Wildman–Crippen LogP) is 1.20. The summed E-state index contributed by atoms with van der Waals surface area (Å²) in [6, 6.07) is 4.20. The molecule has 0 atom stereocenters. The van der Waals surface area contributed by atoms with E-state index in [4.69, 9.17) is 5.14 Å². The van der Waals surface area contributed by atoms with E-state index in [0.29, 0.717) is 10.6 Å². The van der Waals surface area contributed by atoms with E-state index >= 15 is 0 Å². The number of nitrogens with one attached hydrogen (secondary N) is 1. The molecule has 0 spiro atoms. The molecular weight excluding hydrogens is 356 g/mol. The van der Waals surface area contributed by atoms with Crippen molar-refractivity contribution in [1.82, 2.24) is 9.59 Å². The van der Waals surface area contributed by atoms with Crippen LogP contribution in [0.3, 0.4) is 0 Å². The highest BCUT2D eigenvalue weighted by atomic mass is 79.9. The second-order valence-corrected chi connectivity index (χ2v) is 6.60. The highest BCUT2D eigenvalue weighted by molar-refractivity contribution is 9.10. The zero-order chi connectivity index (χ0) is 14.0. The lowest BCUT2D eigenvalue weighted by Crippen LogP contribution is -2.14. The molecule has 1 aromatic carbocycles. The van der Waals surface area contributed by atoms with E-state index in [1.54, 1.807) is 0 Å². The molecule has 7 nitrogen and oxygen atoms in total. The van der Waals surface area contributed by atoms with Gasteiger partial charge < -0.3 is 5.32 Å². The Morgan fingerprint density at radius 3 is 2.68 bits per heavy atom. The van der Waals surface area contributed by atoms with E-state index in [9.17, 15) is 13.2 Å². The summed E-state index contributed by atoms with van der Waals surface area (Å²) < 4.78 is 26.3. The van der Waals surface area contributed by atoms with Crippen LogP contribution in [0.25, 0.3) is 0 Å². The number of halogens is 1. The van der Waals surface area contributed by atoms with Crippen molar-refractivity contribution in [2.75, 3.05) is 5.32 Å². The summed E-state index contributed by atoms with van der Waals surface area (Å²) in [4.78, 5) is 12.0. The molecule has 0 aliphatic heterocycles. The molecule has 3 N–H and O–H groups in total. The monoisotopic (exact) mass is 362 g/mol. The number of nitrogens with two attached hydrogens (primary N) is 1. The minimum absolute atomic E-state index is 0.0510. The first-order valence-corrected chi connectivity index (χ1v) is 7.90. The van der Waals surface area contributed by atoms with Crippen LogP contribution in [0.4, 0.5) is 5.69 Å². The van der Waals surface area contributed by atoms with Gasteiger partial charge in [-0.3, -0.25) is 4.79 Å². The van der Waals surface area contributed by atoms with Crippen molar-refractivity contribution in [3.8, 4) is 0 Å². The lowest BCUT2D eigenvalue weighted by atomic mass is 10.3. The van der Waals surface area contributed by atoms with Crippen molar-refractivity contribution in [2.45, 2.75) is 4.90 Å². The lowest BCUT2D eigenvalue weighted by Gasteiger charge is -2.06. The van der Waals surface area contributed by atoms with E-state index in [2.05, 4.69) is 30.8 Å². The Bertz CT molecular complexity index is 715. The average Bonchev–Trinajstić information content (AvgIpc) is 2.80. The van der Waals surface area contributed by atoms with E-state index in [1.807, 2.05) is 0 Å². The average molecular weight is 363 g/mol. The quantitative estimate of drug-likeness (QED) is 0.850. The summed E-state index contributed by atoms with van der Waals surface area (Å²) in [6.07, 6.45) is 1.34. The van der Waals surface area contributed by atoms with Gasteiger partial charge in [0, 0.05) is 10.2 Å².